The SMILES string of the molecule is CC(=N[C@H](C)c1ccccc1)[C]1[CH][CH][CH][CH]1.[CH]1[CH][CH][CH][CH]1.[Fe+2]. The van der Waals surface area contributed by atoms with Gasteiger partial charge in [-0.25, -0.2) is 0 Å². The number of hydrogen-bond donors (Lipinski definition) is 0. The van der Waals surface area contributed by atoms with Gasteiger partial charge in [0.25, 0.3) is 0 Å². The first-order valence-corrected chi connectivity index (χ1v) is 7.25. The molecule has 10 radical (unpaired) electrons. The molecule has 0 aliphatic heterocycles. The van der Waals surface area contributed by atoms with Crippen LogP contribution in [0, 0.1) is 63.7 Å². The molecule has 0 N–H and O–H groups in total. The van der Waals surface area contributed by atoms with Crippen molar-refractivity contribution < 1.29 is 17.1 Å². The molecule has 22 heavy (non-hydrogen) atoms. The summed E-state index contributed by atoms with van der Waals surface area (Å²) in [7, 11) is 0. The minimum Gasteiger partial charge on any atom is -0.286 e. The zero-order valence-electron chi connectivity index (χ0n) is 13.0. The van der Waals surface area contributed by atoms with Crippen LogP contribution in [0.2, 0.25) is 0 Å². The molecule has 0 saturated heterocycles. The number of rotatable bonds is 3. The van der Waals surface area contributed by atoms with Crippen molar-refractivity contribution in [1.29, 1.82) is 0 Å². The molecule has 0 aromatic heterocycles. The van der Waals surface area contributed by atoms with Crippen LogP contribution in [-0.2, 0) is 17.1 Å². The molecule has 0 bridgehead atoms. The first-order chi connectivity index (χ1) is 10.3. The van der Waals surface area contributed by atoms with Gasteiger partial charge in [0.05, 0.1) is 6.04 Å². The summed E-state index contributed by atoms with van der Waals surface area (Å²) in [6, 6.07) is 10.6. The molecule has 1 aromatic rings. The normalized spacial score (nSPS) is 20.0. The van der Waals surface area contributed by atoms with Gasteiger partial charge in [0.15, 0.2) is 0 Å². The van der Waals surface area contributed by atoms with E-state index in [9.17, 15) is 0 Å². The fraction of sp³-hybridized carbons (Fsp3) is 0.150. The fourth-order valence-corrected chi connectivity index (χ4v) is 2.11. The van der Waals surface area contributed by atoms with Gasteiger partial charge in [-0.1, -0.05) is 30.3 Å². The fourth-order valence-electron chi connectivity index (χ4n) is 2.11. The number of hydrogen-bond acceptors (Lipinski definition) is 1. The predicted octanol–water partition coefficient (Wildman–Crippen LogP) is 4.63. The van der Waals surface area contributed by atoms with E-state index >= 15 is 0 Å². The zero-order chi connectivity index (χ0) is 14.9. The van der Waals surface area contributed by atoms with E-state index < -0.39 is 0 Å². The molecule has 2 saturated carbocycles. The maximum Gasteiger partial charge on any atom is 2.00 e. The second-order valence-corrected chi connectivity index (χ2v) is 4.94. The third kappa shape index (κ3) is 6.67. The van der Waals surface area contributed by atoms with Gasteiger partial charge in [-0.15, -0.1) is 0 Å². The van der Waals surface area contributed by atoms with Crippen LogP contribution in [0.5, 0.6) is 0 Å². The van der Waals surface area contributed by atoms with E-state index in [1.165, 1.54) is 11.5 Å². The average Bonchev–Trinajstić information content (AvgIpc) is 3.23. The standard InChI is InChI=1S/C15H16N.C5H5.Fe/c1-12(14-8-4-3-5-9-14)16-13(2)15-10-6-7-11-15;1-2-4-5-3-1;/h3-12H,1-2H3;1-5H;/q;;+2/t12-;;/m1../s1. The molecule has 2 fully saturated rings. The van der Waals surface area contributed by atoms with Crippen LogP contribution in [-0.4, -0.2) is 5.71 Å². The predicted molar refractivity (Wildman–Crippen MR) is 89.9 cm³/mol. The zero-order valence-corrected chi connectivity index (χ0v) is 14.1. The summed E-state index contributed by atoms with van der Waals surface area (Å²) in [5.74, 6) is 1.21. The van der Waals surface area contributed by atoms with Crippen LogP contribution in [0.3, 0.4) is 0 Å². The molecular weight excluding hydrogens is 310 g/mol. The number of nitrogens with zero attached hydrogens (tertiary/aromatic N) is 1. The Morgan fingerprint density at radius 1 is 0.818 bits per heavy atom. The van der Waals surface area contributed by atoms with Crippen LogP contribution in [0.4, 0.5) is 0 Å². The van der Waals surface area contributed by atoms with Gasteiger partial charge in [-0.3, -0.25) is 4.99 Å². The average molecular weight is 331 g/mol. The van der Waals surface area contributed by atoms with E-state index in [0.29, 0.717) is 0 Å². The first-order valence-electron chi connectivity index (χ1n) is 7.25. The van der Waals surface area contributed by atoms with E-state index in [1.807, 2.05) is 51.0 Å². The van der Waals surface area contributed by atoms with E-state index in [1.54, 1.807) is 0 Å². The molecule has 2 aliphatic rings. The summed E-state index contributed by atoms with van der Waals surface area (Å²) in [4.78, 5) is 4.71. The smallest absolute Gasteiger partial charge is 0.286 e. The Morgan fingerprint density at radius 3 is 1.82 bits per heavy atom. The Bertz CT molecular complexity index is 409. The Balaban J connectivity index is 0.000000344. The Kier molecular flexibility index (Phi) is 9.75. The van der Waals surface area contributed by atoms with Gasteiger partial charge in [-0.2, -0.15) is 0 Å². The Morgan fingerprint density at radius 2 is 1.32 bits per heavy atom. The summed E-state index contributed by atoms with van der Waals surface area (Å²) in [5, 5.41) is 0. The Hall–Kier alpha value is -0.591. The largest absolute Gasteiger partial charge is 2.00 e. The third-order valence-corrected chi connectivity index (χ3v) is 3.31. The molecule has 3 rings (SSSR count). The molecule has 0 unspecified atom stereocenters. The maximum atomic E-state index is 4.71. The molecule has 0 heterocycles. The van der Waals surface area contributed by atoms with Crippen LogP contribution in [0.25, 0.3) is 0 Å². The molecular formula is C20H21FeN+2. The Labute approximate surface area is 147 Å². The van der Waals surface area contributed by atoms with Crippen molar-refractivity contribution in [2.24, 2.45) is 4.99 Å². The van der Waals surface area contributed by atoms with Gasteiger partial charge in [0, 0.05) is 11.6 Å². The molecule has 1 atom stereocenters. The molecule has 112 valence electrons. The summed E-state index contributed by atoms with van der Waals surface area (Å²) < 4.78 is 0. The quantitative estimate of drug-likeness (QED) is 0.565. The third-order valence-electron chi connectivity index (χ3n) is 3.31. The number of benzene rings is 1. The van der Waals surface area contributed by atoms with Crippen LogP contribution in [0.15, 0.2) is 35.3 Å². The van der Waals surface area contributed by atoms with Gasteiger partial charge in [-0.05, 0) is 77.2 Å². The second-order valence-electron chi connectivity index (χ2n) is 4.94. The first kappa shape index (κ1) is 19.5. The molecule has 1 aromatic carbocycles. The summed E-state index contributed by atoms with van der Waals surface area (Å²) in [5.41, 5.74) is 2.36. The molecule has 2 heteroatoms. The molecule has 2 aliphatic carbocycles. The van der Waals surface area contributed by atoms with Crippen LogP contribution < -0.4 is 0 Å². The van der Waals surface area contributed by atoms with Gasteiger partial charge >= 0.3 is 17.1 Å². The monoisotopic (exact) mass is 331 g/mol. The van der Waals surface area contributed by atoms with Crippen molar-refractivity contribution in [1.82, 2.24) is 0 Å². The topological polar surface area (TPSA) is 12.4 Å². The van der Waals surface area contributed by atoms with E-state index in [4.69, 9.17) is 4.99 Å². The van der Waals surface area contributed by atoms with E-state index in [2.05, 4.69) is 51.0 Å². The second kappa shape index (κ2) is 11.0. The molecule has 0 amide bonds. The number of aliphatic imine (C=N–C) groups is 1. The summed E-state index contributed by atoms with van der Waals surface area (Å²) >= 11 is 0. The van der Waals surface area contributed by atoms with Crippen molar-refractivity contribution in [3.05, 3.63) is 99.6 Å². The van der Waals surface area contributed by atoms with Crippen molar-refractivity contribution in [3.63, 3.8) is 0 Å². The van der Waals surface area contributed by atoms with Gasteiger partial charge in [0.1, 0.15) is 0 Å². The minimum atomic E-state index is 0. The van der Waals surface area contributed by atoms with Crippen molar-refractivity contribution in [2.45, 2.75) is 19.9 Å². The van der Waals surface area contributed by atoms with Crippen LogP contribution >= 0.6 is 0 Å². The van der Waals surface area contributed by atoms with E-state index in [-0.39, 0.29) is 23.1 Å². The molecule has 0 spiro atoms. The molecule has 1 nitrogen and oxygen atoms in total. The van der Waals surface area contributed by atoms with Crippen LogP contribution in [0.1, 0.15) is 25.5 Å². The van der Waals surface area contributed by atoms with Crippen molar-refractivity contribution in [3.8, 4) is 0 Å². The maximum absolute atomic E-state index is 4.71. The summed E-state index contributed by atoms with van der Waals surface area (Å²) in [6.45, 7) is 4.19. The van der Waals surface area contributed by atoms with Gasteiger partial charge < -0.3 is 0 Å². The van der Waals surface area contributed by atoms with E-state index in [0.717, 1.165) is 5.71 Å². The van der Waals surface area contributed by atoms with Gasteiger partial charge in [0.2, 0.25) is 0 Å². The minimum absolute atomic E-state index is 0. The van der Waals surface area contributed by atoms with Crippen molar-refractivity contribution in [2.75, 3.05) is 0 Å². The summed E-state index contributed by atoms with van der Waals surface area (Å²) in [6.07, 6.45) is 18.3. The van der Waals surface area contributed by atoms with Crippen molar-refractivity contribution >= 4 is 5.71 Å².